The summed E-state index contributed by atoms with van der Waals surface area (Å²) in [7, 11) is 0. The Morgan fingerprint density at radius 2 is 2.00 bits per heavy atom. The molecule has 0 spiro atoms. The average Bonchev–Trinajstić information content (AvgIpc) is 2.39. The van der Waals surface area contributed by atoms with E-state index in [1.807, 2.05) is 37.3 Å². The van der Waals surface area contributed by atoms with E-state index in [-0.39, 0.29) is 24.5 Å². The predicted octanol–water partition coefficient (Wildman–Crippen LogP) is 2.46. The highest BCUT2D eigenvalue weighted by atomic mass is 16.3. The fourth-order valence-electron chi connectivity index (χ4n) is 2.00. The maximum absolute atomic E-state index is 11.9. The molecule has 0 saturated carbocycles. The number of aliphatic hydroxyl groups is 1. The molecule has 0 aliphatic rings. The average molecular weight is 249 g/mol. The molecule has 0 aliphatic carbocycles. The molecule has 18 heavy (non-hydrogen) atoms. The summed E-state index contributed by atoms with van der Waals surface area (Å²) in [4.78, 5) is 11.9. The van der Waals surface area contributed by atoms with Crippen LogP contribution in [0.2, 0.25) is 0 Å². The van der Waals surface area contributed by atoms with Crippen LogP contribution in [0, 0.1) is 0 Å². The Labute approximate surface area is 109 Å². The van der Waals surface area contributed by atoms with Crippen LogP contribution in [0.1, 0.15) is 44.6 Å². The molecule has 1 rings (SSSR count). The maximum atomic E-state index is 11.9. The van der Waals surface area contributed by atoms with E-state index in [0.29, 0.717) is 12.8 Å². The molecule has 2 unspecified atom stereocenters. The largest absolute Gasteiger partial charge is 0.396 e. The third kappa shape index (κ3) is 4.88. The van der Waals surface area contributed by atoms with Crippen molar-refractivity contribution in [1.82, 2.24) is 5.32 Å². The monoisotopic (exact) mass is 249 g/mol. The molecule has 100 valence electrons. The number of aliphatic hydroxyl groups excluding tert-OH is 1. The van der Waals surface area contributed by atoms with Crippen molar-refractivity contribution in [2.45, 2.75) is 45.1 Å². The number of amides is 1. The van der Waals surface area contributed by atoms with Gasteiger partial charge in [-0.05, 0) is 24.3 Å². The second kappa shape index (κ2) is 7.88. The van der Waals surface area contributed by atoms with Gasteiger partial charge in [-0.2, -0.15) is 0 Å². The van der Waals surface area contributed by atoms with E-state index in [0.717, 1.165) is 6.42 Å². The van der Waals surface area contributed by atoms with Gasteiger partial charge in [0, 0.05) is 19.1 Å². The van der Waals surface area contributed by atoms with Crippen molar-refractivity contribution >= 4 is 5.91 Å². The van der Waals surface area contributed by atoms with E-state index >= 15 is 0 Å². The van der Waals surface area contributed by atoms with Crippen LogP contribution >= 0.6 is 0 Å². The van der Waals surface area contributed by atoms with Crippen molar-refractivity contribution < 1.29 is 9.90 Å². The molecule has 0 bridgehead atoms. The van der Waals surface area contributed by atoms with Gasteiger partial charge in [0.1, 0.15) is 0 Å². The van der Waals surface area contributed by atoms with Crippen LogP contribution in [-0.4, -0.2) is 23.7 Å². The molecule has 1 aromatic carbocycles. The van der Waals surface area contributed by atoms with Gasteiger partial charge in [0.05, 0.1) is 0 Å². The molecule has 2 atom stereocenters. The summed E-state index contributed by atoms with van der Waals surface area (Å²) in [6.07, 6.45) is 1.97. The molecule has 1 amide bonds. The Kier molecular flexibility index (Phi) is 6.44. The van der Waals surface area contributed by atoms with Crippen molar-refractivity contribution in [2.75, 3.05) is 6.61 Å². The second-order valence-corrected chi connectivity index (χ2v) is 4.70. The highest BCUT2D eigenvalue weighted by molar-refractivity contribution is 5.77. The molecular formula is C15H23NO2. The predicted molar refractivity (Wildman–Crippen MR) is 73.4 cm³/mol. The van der Waals surface area contributed by atoms with E-state index in [9.17, 15) is 4.79 Å². The van der Waals surface area contributed by atoms with Gasteiger partial charge in [-0.15, -0.1) is 0 Å². The first kappa shape index (κ1) is 14.7. The Morgan fingerprint density at radius 1 is 1.33 bits per heavy atom. The van der Waals surface area contributed by atoms with Gasteiger partial charge in [0.25, 0.3) is 0 Å². The standard InChI is InChI=1S/C15H23NO2/c1-3-14(9-10-17)16-15(18)11-12(2)13-7-5-4-6-8-13/h4-8,12,14,17H,3,9-11H2,1-2H3,(H,16,18). The minimum absolute atomic E-state index is 0.0617. The number of hydrogen-bond acceptors (Lipinski definition) is 2. The summed E-state index contributed by atoms with van der Waals surface area (Å²) in [6.45, 7) is 4.19. The number of carbonyl (C=O) groups excluding carboxylic acids is 1. The lowest BCUT2D eigenvalue weighted by atomic mass is 9.97. The Balaban J connectivity index is 2.44. The van der Waals surface area contributed by atoms with Gasteiger partial charge in [-0.1, -0.05) is 44.2 Å². The molecule has 0 radical (unpaired) electrons. The molecule has 0 fully saturated rings. The zero-order valence-corrected chi connectivity index (χ0v) is 11.2. The Morgan fingerprint density at radius 3 is 2.56 bits per heavy atom. The van der Waals surface area contributed by atoms with Crippen molar-refractivity contribution in [1.29, 1.82) is 0 Å². The quantitative estimate of drug-likeness (QED) is 0.780. The van der Waals surface area contributed by atoms with Crippen molar-refractivity contribution in [3.8, 4) is 0 Å². The minimum atomic E-state index is 0.0617. The van der Waals surface area contributed by atoms with Crippen molar-refractivity contribution in [2.24, 2.45) is 0 Å². The van der Waals surface area contributed by atoms with Crippen LogP contribution in [0.15, 0.2) is 30.3 Å². The molecule has 0 heterocycles. The van der Waals surface area contributed by atoms with Crippen molar-refractivity contribution in [3.05, 3.63) is 35.9 Å². The van der Waals surface area contributed by atoms with Gasteiger partial charge < -0.3 is 10.4 Å². The van der Waals surface area contributed by atoms with E-state index in [1.54, 1.807) is 0 Å². The maximum Gasteiger partial charge on any atom is 0.220 e. The highest BCUT2D eigenvalue weighted by Crippen LogP contribution is 2.18. The molecule has 3 nitrogen and oxygen atoms in total. The van der Waals surface area contributed by atoms with Crippen LogP contribution in [-0.2, 0) is 4.79 Å². The van der Waals surface area contributed by atoms with E-state index in [1.165, 1.54) is 5.56 Å². The molecule has 1 aromatic rings. The number of benzene rings is 1. The fraction of sp³-hybridized carbons (Fsp3) is 0.533. The molecular weight excluding hydrogens is 226 g/mol. The summed E-state index contributed by atoms with van der Waals surface area (Å²) in [5.74, 6) is 0.282. The minimum Gasteiger partial charge on any atom is -0.396 e. The topological polar surface area (TPSA) is 49.3 Å². The summed E-state index contributed by atoms with van der Waals surface area (Å²) >= 11 is 0. The Bertz CT molecular complexity index is 351. The number of nitrogens with one attached hydrogen (secondary N) is 1. The zero-order chi connectivity index (χ0) is 13.4. The SMILES string of the molecule is CCC(CCO)NC(=O)CC(C)c1ccccc1. The van der Waals surface area contributed by atoms with Crippen molar-refractivity contribution in [3.63, 3.8) is 0 Å². The lowest BCUT2D eigenvalue weighted by Gasteiger charge is -2.18. The highest BCUT2D eigenvalue weighted by Gasteiger charge is 2.14. The van der Waals surface area contributed by atoms with Crippen LogP contribution in [0.5, 0.6) is 0 Å². The zero-order valence-electron chi connectivity index (χ0n) is 11.2. The summed E-state index contributed by atoms with van der Waals surface area (Å²) in [5, 5.41) is 11.9. The molecule has 0 aromatic heterocycles. The van der Waals surface area contributed by atoms with Crippen LogP contribution in [0.25, 0.3) is 0 Å². The normalized spacial score (nSPS) is 13.9. The van der Waals surface area contributed by atoms with Gasteiger partial charge in [-0.3, -0.25) is 4.79 Å². The molecule has 2 N–H and O–H groups in total. The third-order valence-corrected chi connectivity index (χ3v) is 3.20. The van der Waals surface area contributed by atoms with Gasteiger partial charge >= 0.3 is 0 Å². The lowest BCUT2D eigenvalue weighted by Crippen LogP contribution is -2.35. The summed E-state index contributed by atoms with van der Waals surface area (Å²) in [5.41, 5.74) is 1.18. The van der Waals surface area contributed by atoms with E-state index in [2.05, 4.69) is 12.2 Å². The lowest BCUT2D eigenvalue weighted by molar-refractivity contribution is -0.122. The Hall–Kier alpha value is -1.35. The summed E-state index contributed by atoms with van der Waals surface area (Å²) in [6, 6.07) is 10.1. The smallest absolute Gasteiger partial charge is 0.220 e. The first-order valence-corrected chi connectivity index (χ1v) is 6.62. The van der Waals surface area contributed by atoms with Gasteiger partial charge in [-0.25, -0.2) is 0 Å². The van der Waals surface area contributed by atoms with E-state index < -0.39 is 0 Å². The third-order valence-electron chi connectivity index (χ3n) is 3.20. The molecule has 3 heteroatoms. The number of rotatable bonds is 7. The van der Waals surface area contributed by atoms with E-state index in [4.69, 9.17) is 5.11 Å². The first-order valence-electron chi connectivity index (χ1n) is 6.62. The van der Waals surface area contributed by atoms with Gasteiger partial charge in [0.2, 0.25) is 5.91 Å². The molecule has 0 saturated heterocycles. The first-order chi connectivity index (χ1) is 8.67. The van der Waals surface area contributed by atoms with Crippen LogP contribution in [0.4, 0.5) is 0 Å². The van der Waals surface area contributed by atoms with Crippen LogP contribution in [0.3, 0.4) is 0 Å². The fourth-order valence-corrected chi connectivity index (χ4v) is 2.00. The number of carbonyl (C=O) groups is 1. The van der Waals surface area contributed by atoms with Crippen LogP contribution < -0.4 is 5.32 Å². The number of hydrogen-bond donors (Lipinski definition) is 2. The molecule has 0 aliphatic heterocycles. The summed E-state index contributed by atoms with van der Waals surface area (Å²) < 4.78 is 0. The second-order valence-electron chi connectivity index (χ2n) is 4.70. The van der Waals surface area contributed by atoms with Gasteiger partial charge in [0.15, 0.2) is 0 Å².